The van der Waals surface area contributed by atoms with Crippen LogP contribution in [0.2, 0.25) is 0 Å². The fourth-order valence-electron chi connectivity index (χ4n) is 2.50. The van der Waals surface area contributed by atoms with Crippen molar-refractivity contribution in [3.8, 4) is 5.75 Å². The van der Waals surface area contributed by atoms with Crippen molar-refractivity contribution in [3.63, 3.8) is 0 Å². The SMILES string of the molecule is CCCCCCCC(CC=O)c1cccc(OC(F)(F)F)c1. The van der Waals surface area contributed by atoms with Gasteiger partial charge < -0.3 is 9.53 Å². The molecular weight excluding hydrogens is 293 g/mol. The second kappa shape index (κ2) is 9.49. The van der Waals surface area contributed by atoms with Gasteiger partial charge in [0.2, 0.25) is 0 Å². The van der Waals surface area contributed by atoms with E-state index in [0.717, 1.165) is 44.0 Å². The molecule has 1 unspecified atom stereocenters. The fraction of sp³-hybridized carbons (Fsp3) is 0.588. The summed E-state index contributed by atoms with van der Waals surface area (Å²) in [5, 5.41) is 0. The van der Waals surface area contributed by atoms with Crippen LogP contribution in [0.3, 0.4) is 0 Å². The lowest BCUT2D eigenvalue weighted by Gasteiger charge is -2.16. The molecule has 0 aromatic heterocycles. The zero-order valence-corrected chi connectivity index (χ0v) is 12.9. The molecule has 2 nitrogen and oxygen atoms in total. The molecule has 1 atom stereocenters. The first-order valence-electron chi connectivity index (χ1n) is 7.75. The monoisotopic (exact) mass is 316 g/mol. The summed E-state index contributed by atoms with van der Waals surface area (Å²) >= 11 is 0. The van der Waals surface area contributed by atoms with Gasteiger partial charge in [0.05, 0.1) is 0 Å². The minimum Gasteiger partial charge on any atom is -0.406 e. The molecule has 0 heterocycles. The van der Waals surface area contributed by atoms with Crippen LogP contribution in [0.15, 0.2) is 24.3 Å². The van der Waals surface area contributed by atoms with Crippen LogP contribution < -0.4 is 4.74 Å². The second-order valence-electron chi connectivity index (χ2n) is 5.42. The van der Waals surface area contributed by atoms with Gasteiger partial charge >= 0.3 is 6.36 Å². The average Bonchev–Trinajstić information content (AvgIpc) is 2.44. The number of aldehydes is 1. The Morgan fingerprint density at radius 1 is 1.18 bits per heavy atom. The Balaban J connectivity index is 2.65. The second-order valence-corrected chi connectivity index (χ2v) is 5.42. The zero-order chi connectivity index (χ0) is 16.4. The van der Waals surface area contributed by atoms with E-state index in [0.29, 0.717) is 6.42 Å². The highest BCUT2D eigenvalue weighted by Crippen LogP contribution is 2.30. The molecule has 0 bridgehead atoms. The molecule has 0 aliphatic rings. The van der Waals surface area contributed by atoms with Crippen LogP contribution in [0.1, 0.15) is 63.4 Å². The molecule has 0 saturated heterocycles. The van der Waals surface area contributed by atoms with Crippen molar-refractivity contribution in [3.05, 3.63) is 29.8 Å². The van der Waals surface area contributed by atoms with E-state index in [1.807, 2.05) is 0 Å². The van der Waals surface area contributed by atoms with E-state index in [-0.39, 0.29) is 11.7 Å². The Bertz CT molecular complexity index is 444. The number of rotatable bonds is 10. The molecule has 0 radical (unpaired) electrons. The molecule has 0 aliphatic carbocycles. The molecule has 0 fully saturated rings. The minimum absolute atomic E-state index is 0.0455. The third-order valence-electron chi connectivity index (χ3n) is 3.60. The first-order valence-corrected chi connectivity index (χ1v) is 7.75. The van der Waals surface area contributed by atoms with Gasteiger partial charge in [-0.3, -0.25) is 0 Å². The van der Waals surface area contributed by atoms with E-state index in [4.69, 9.17) is 0 Å². The summed E-state index contributed by atoms with van der Waals surface area (Å²) in [6.07, 6.45) is 2.82. The maximum absolute atomic E-state index is 12.3. The van der Waals surface area contributed by atoms with Crippen molar-refractivity contribution in [2.45, 2.75) is 64.1 Å². The van der Waals surface area contributed by atoms with E-state index in [1.54, 1.807) is 6.07 Å². The molecule has 0 saturated carbocycles. The largest absolute Gasteiger partial charge is 0.573 e. The maximum atomic E-state index is 12.3. The molecule has 1 aromatic rings. The summed E-state index contributed by atoms with van der Waals surface area (Å²) in [6.45, 7) is 2.14. The lowest BCUT2D eigenvalue weighted by atomic mass is 9.90. The van der Waals surface area contributed by atoms with Crippen LogP contribution in [0.25, 0.3) is 0 Å². The Morgan fingerprint density at radius 3 is 2.55 bits per heavy atom. The van der Waals surface area contributed by atoms with Gasteiger partial charge in [-0.1, -0.05) is 51.2 Å². The number of benzene rings is 1. The van der Waals surface area contributed by atoms with Crippen molar-refractivity contribution >= 4 is 6.29 Å². The van der Waals surface area contributed by atoms with E-state index < -0.39 is 6.36 Å². The number of carbonyl (C=O) groups is 1. The molecule has 0 amide bonds. The van der Waals surface area contributed by atoms with E-state index in [2.05, 4.69) is 11.7 Å². The van der Waals surface area contributed by atoms with E-state index in [1.165, 1.54) is 24.6 Å². The number of carbonyl (C=O) groups excluding carboxylic acids is 1. The Hall–Kier alpha value is -1.52. The van der Waals surface area contributed by atoms with Gasteiger partial charge in [0.25, 0.3) is 0 Å². The smallest absolute Gasteiger partial charge is 0.406 e. The van der Waals surface area contributed by atoms with Crippen molar-refractivity contribution in [2.75, 3.05) is 0 Å². The van der Waals surface area contributed by atoms with Gasteiger partial charge in [0, 0.05) is 6.42 Å². The molecule has 124 valence electrons. The highest BCUT2D eigenvalue weighted by molar-refractivity contribution is 5.52. The highest BCUT2D eigenvalue weighted by Gasteiger charge is 2.31. The van der Waals surface area contributed by atoms with Gasteiger partial charge in [0.15, 0.2) is 0 Å². The van der Waals surface area contributed by atoms with Crippen LogP contribution in [-0.2, 0) is 4.79 Å². The van der Waals surface area contributed by atoms with Crippen molar-refractivity contribution in [2.24, 2.45) is 0 Å². The van der Waals surface area contributed by atoms with Crippen molar-refractivity contribution in [1.82, 2.24) is 0 Å². The zero-order valence-electron chi connectivity index (χ0n) is 12.9. The first-order chi connectivity index (χ1) is 10.5. The Labute approximate surface area is 129 Å². The predicted molar refractivity (Wildman–Crippen MR) is 79.9 cm³/mol. The van der Waals surface area contributed by atoms with Crippen LogP contribution in [0, 0.1) is 0 Å². The summed E-state index contributed by atoms with van der Waals surface area (Å²) in [5.41, 5.74) is 0.726. The maximum Gasteiger partial charge on any atom is 0.573 e. The average molecular weight is 316 g/mol. The van der Waals surface area contributed by atoms with Gasteiger partial charge in [-0.2, -0.15) is 0 Å². The standard InChI is InChI=1S/C17H23F3O2/c1-2-3-4-5-6-8-14(11-12-21)15-9-7-10-16(13-15)22-17(18,19)20/h7,9-10,12-14H,2-6,8,11H2,1H3. The quantitative estimate of drug-likeness (QED) is 0.414. The van der Waals surface area contributed by atoms with E-state index in [9.17, 15) is 18.0 Å². The predicted octanol–water partition coefficient (Wildman–Crippen LogP) is 5.62. The number of ether oxygens (including phenoxy) is 1. The number of halogens is 3. The first kappa shape index (κ1) is 18.5. The number of hydrogen-bond acceptors (Lipinski definition) is 2. The third kappa shape index (κ3) is 7.48. The number of alkyl halides is 3. The van der Waals surface area contributed by atoms with Crippen LogP contribution in [0.5, 0.6) is 5.75 Å². The van der Waals surface area contributed by atoms with Crippen molar-refractivity contribution in [1.29, 1.82) is 0 Å². The summed E-state index contributed by atoms with van der Waals surface area (Å²) in [5.74, 6) is -0.275. The molecule has 0 spiro atoms. The number of hydrogen-bond donors (Lipinski definition) is 0. The van der Waals surface area contributed by atoms with Gasteiger partial charge in [-0.15, -0.1) is 13.2 Å². The fourth-order valence-corrected chi connectivity index (χ4v) is 2.50. The highest BCUT2D eigenvalue weighted by atomic mass is 19.4. The van der Waals surface area contributed by atoms with Gasteiger partial charge in [-0.25, -0.2) is 0 Å². The van der Waals surface area contributed by atoms with Gasteiger partial charge in [-0.05, 0) is 30.0 Å². The molecule has 0 aliphatic heterocycles. The molecular formula is C17H23F3O2. The normalized spacial score (nSPS) is 12.9. The summed E-state index contributed by atoms with van der Waals surface area (Å²) in [6, 6.07) is 5.94. The molecule has 22 heavy (non-hydrogen) atoms. The molecule has 0 N–H and O–H groups in total. The van der Waals surface area contributed by atoms with Crippen molar-refractivity contribution < 1.29 is 22.7 Å². The lowest BCUT2D eigenvalue weighted by molar-refractivity contribution is -0.274. The van der Waals surface area contributed by atoms with Crippen LogP contribution >= 0.6 is 0 Å². The summed E-state index contributed by atoms with van der Waals surface area (Å²) in [7, 11) is 0. The van der Waals surface area contributed by atoms with Crippen LogP contribution in [0.4, 0.5) is 13.2 Å². The summed E-state index contributed by atoms with van der Waals surface area (Å²) in [4.78, 5) is 10.8. The summed E-state index contributed by atoms with van der Waals surface area (Å²) < 4.78 is 40.7. The molecule has 5 heteroatoms. The van der Waals surface area contributed by atoms with Crippen LogP contribution in [-0.4, -0.2) is 12.6 Å². The Kier molecular flexibility index (Phi) is 7.99. The molecule has 1 rings (SSSR count). The van der Waals surface area contributed by atoms with Gasteiger partial charge in [0.1, 0.15) is 12.0 Å². The topological polar surface area (TPSA) is 26.3 Å². The lowest BCUT2D eigenvalue weighted by Crippen LogP contribution is -2.17. The number of unbranched alkanes of at least 4 members (excludes halogenated alkanes) is 4. The molecule has 1 aromatic carbocycles. The Morgan fingerprint density at radius 2 is 1.91 bits per heavy atom. The minimum atomic E-state index is -4.70. The third-order valence-corrected chi connectivity index (χ3v) is 3.60. The van der Waals surface area contributed by atoms with E-state index >= 15 is 0 Å².